The Morgan fingerprint density at radius 2 is 1.51 bits per heavy atom. The van der Waals surface area contributed by atoms with Gasteiger partial charge in [0.05, 0.1) is 6.04 Å². The third-order valence-corrected chi connectivity index (χ3v) is 9.99. The van der Waals surface area contributed by atoms with E-state index in [1.807, 2.05) is 0 Å². The van der Waals surface area contributed by atoms with Crippen molar-refractivity contribution in [1.82, 2.24) is 15.5 Å². The van der Waals surface area contributed by atoms with Gasteiger partial charge in [0.1, 0.15) is 17.7 Å². The molecule has 0 radical (unpaired) electrons. The molecule has 4 fully saturated rings. The quantitative estimate of drug-likeness (QED) is 0.359. The number of carbonyl (C=O) groups excluding carboxylic acids is 5. The number of rotatable bonds is 9. The van der Waals surface area contributed by atoms with E-state index in [0.29, 0.717) is 13.0 Å². The van der Waals surface area contributed by atoms with Crippen LogP contribution in [0.3, 0.4) is 0 Å². The summed E-state index contributed by atoms with van der Waals surface area (Å²) in [5.41, 5.74) is 4.53. The molecule has 41 heavy (non-hydrogen) atoms. The van der Waals surface area contributed by atoms with Crippen molar-refractivity contribution in [3.8, 4) is 0 Å². The lowest BCUT2D eigenvalue weighted by atomic mass is 9.83. The normalized spacial score (nSPS) is 27.7. The summed E-state index contributed by atoms with van der Waals surface area (Å²) in [6.07, 6.45) is 9.56. The number of nitrogens with two attached hydrogens (primary N) is 1. The summed E-state index contributed by atoms with van der Waals surface area (Å²) < 4.78 is 5.50. The number of amides is 4. The van der Waals surface area contributed by atoms with Gasteiger partial charge >= 0.3 is 6.09 Å². The number of nitrogens with one attached hydrogen (secondary N) is 2. The van der Waals surface area contributed by atoms with Gasteiger partial charge < -0.3 is 26.0 Å². The Labute approximate surface area is 244 Å². The van der Waals surface area contributed by atoms with Crippen LogP contribution in [0.2, 0.25) is 0 Å². The van der Waals surface area contributed by atoms with E-state index < -0.39 is 47.4 Å². The second-order valence-electron chi connectivity index (χ2n) is 14.4. The second kappa shape index (κ2) is 12.3. The van der Waals surface area contributed by atoms with Crippen LogP contribution in [0.1, 0.15) is 105 Å². The Morgan fingerprint density at radius 3 is 2.07 bits per heavy atom. The zero-order valence-corrected chi connectivity index (χ0v) is 25.5. The topological polar surface area (TPSA) is 148 Å². The van der Waals surface area contributed by atoms with E-state index in [2.05, 4.69) is 24.5 Å². The van der Waals surface area contributed by atoms with Gasteiger partial charge in [-0.05, 0) is 69.1 Å². The summed E-state index contributed by atoms with van der Waals surface area (Å²) in [5.74, 6) is -2.31. The molecule has 0 bridgehead atoms. The van der Waals surface area contributed by atoms with E-state index in [1.54, 1.807) is 25.7 Å². The average molecular weight is 575 g/mol. The molecule has 0 aromatic rings. The third kappa shape index (κ3) is 7.23. The van der Waals surface area contributed by atoms with Crippen molar-refractivity contribution in [2.45, 2.75) is 129 Å². The van der Waals surface area contributed by atoms with Crippen molar-refractivity contribution in [3.05, 3.63) is 0 Å². The maximum Gasteiger partial charge on any atom is 0.408 e. The van der Waals surface area contributed by atoms with Crippen molar-refractivity contribution in [3.63, 3.8) is 0 Å². The van der Waals surface area contributed by atoms with E-state index in [9.17, 15) is 24.0 Å². The van der Waals surface area contributed by atoms with Crippen molar-refractivity contribution in [1.29, 1.82) is 0 Å². The number of alkyl carbamates (subject to hydrolysis) is 1. The van der Waals surface area contributed by atoms with Crippen molar-refractivity contribution < 1.29 is 28.7 Å². The molecule has 3 aliphatic carbocycles. The lowest BCUT2D eigenvalue weighted by Gasteiger charge is -2.37. The number of primary amides is 1. The van der Waals surface area contributed by atoms with E-state index >= 15 is 0 Å². The molecular weight excluding hydrogens is 524 g/mol. The summed E-state index contributed by atoms with van der Waals surface area (Å²) >= 11 is 0. The predicted molar refractivity (Wildman–Crippen MR) is 153 cm³/mol. The van der Waals surface area contributed by atoms with Crippen LogP contribution < -0.4 is 16.4 Å². The van der Waals surface area contributed by atoms with Crippen molar-refractivity contribution in [2.75, 3.05) is 6.54 Å². The van der Waals surface area contributed by atoms with E-state index in [1.165, 1.54) is 0 Å². The van der Waals surface area contributed by atoms with Crippen LogP contribution in [-0.4, -0.2) is 64.8 Å². The van der Waals surface area contributed by atoms with E-state index in [0.717, 1.165) is 64.2 Å². The summed E-state index contributed by atoms with van der Waals surface area (Å²) in [6, 6.07) is -2.59. The van der Waals surface area contributed by atoms with Gasteiger partial charge in [0.15, 0.2) is 0 Å². The minimum absolute atomic E-state index is 0.0482. The van der Waals surface area contributed by atoms with E-state index in [-0.39, 0.29) is 35.0 Å². The van der Waals surface area contributed by atoms with Gasteiger partial charge in [0.25, 0.3) is 5.91 Å². The molecule has 4 rings (SSSR count). The largest absolute Gasteiger partial charge is 0.444 e. The van der Waals surface area contributed by atoms with Gasteiger partial charge in [-0.15, -0.1) is 0 Å². The fraction of sp³-hybridized carbons (Fsp3) is 0.839. The second-order valence-corrected chi connectivity index (χ2v) is 14.4. The van der Waals surface area contributed by atoms with Crippen molar-refractivity contribution in [2.24, 2.45) is 34.8 Å². The van der Waals surface area contributed by atoms with Crippen LogP contribution in [0.25, 0.3) is 0 Å². The number of carbonyl (C=O) groups is 5. The smallest absolute Gasteiger partial charge is 0.408 e. The molecule has 4 aliphatic rings. The highest BCUT2D eigenvalue weighted by molar-refractivity contribution is 6.37. The first-order valence-electron chi connectivity index (χ1n) is 15.6. The van der Waals surface area contributed by atoms with Crippen LogP contribution >= 0.6 is 0 Å². The molecule has 1 heterocycles. The molecule has 4 amide bonds. The zero-order valence-electron chi connectivity index (χ0n) is 25.5. The monoisotopic (exact) mass is 574 g/mol. The molecule has 1 aliphatic heterocycles. The zero-order chi connectivity index (χ0) is 30.1. The van der Waals surface area contributed by atoms with Gasteiger partial charge in [-0.3, -0.25) is 19.2 Å². The Morgan fingerprint density at radius 1 is 0.927 bits per heavy atom. The number of hydrogen-bond donors (Lipinski definition) is 3. The molecule has 1 saturated heterocycles. The molecule has 1 unspecified atom stereocenters. The van der Waals surface area contributed by atoms with Gasteiger partial charge in [0.2, 0.25) is 17.6 Å². The number of piperidine rings is 1. The number of hydrogen-bond acceptors (Lipinski definition) is 6. The minimum Gasteiger partial charge on any atom is -0.444 e. The Balaban J connectivity index is 1.55. The molecule has 5 atom stereocenters. The summed E-state index contributed by atoms with van der Waals surface area (Å²) in [5, 5.41) is 5.72. The maximum atomic E-state index is 14.2. The lowest BCUT2D eigenvalue weighted by Crippen LogP contribution is -2.60. The SMILES string of the molecule is CC(C)(C)OC(=O)N[C@H](C(=O)N1C[C@H]2[C@@H]([C@H]1C(=O)NC(CC1CCCCC1)C(=O)C(N)=O)C2(C)C)C1CCCCC1. The molecule has 230 valence electrons. The summed E-state index contributed by atoms with van der Waals surface area (Å²) in [6.45, 7) is 9.92. The summed E-state index contributed by atoms with van der Waals surface area (Å²) in [4.78, 5) is 67.3. The number of ketones is 1. The molecule has 0 spiro atoms. The standard InChI is InChI=1S/C31H50N4O6/c1-30(2,3)41-29(40)34-23(19-14-10-7-11-15-19)28(39)35-17-20-22(31(20,4)5)24(35)27(38)33-21(25(36)26(32)37)16-18-12-8-6-9-13-18/h18-24H,6-17H2,1-5H3,(H2,32,37)(H,33,38)(H,34,40)/t20-,21?,22-,23-,24-/m0/s1. The molecule has 10 heteroatoms. The highest BCUT2D eigenvalue weighted by atomic mass is 16.6. The van der Waals surface area contributed by atoms with Crippen LogP contribution in [-0.2, 0) is 23.9 Å². The highest BCUT2D eigenvalue weighted by Gasteiger charge is 2.69. The predicted octanol–water partition coefficient (Wildman–Crippen LogP) is 3.45. The summed E-state index contributed by atoms with van der Waals surface area (Å²) in [7, 11) is 0. The molecule has 10 nitrogen and oxygen atoms in total. The Kier molecular flexibility index (Phi) is 9.38. The molecule has 4 N–H and O–H groups in total. The van der Waals surface area contributed by atoms with Crippen LogP contribution in [0.15, 0.2) is 0 Å². The average Bonchev–Trinajstić information content (AvgIpc) is 3.22. The molecule has 0 aromatic heterocycles. The van der Waals surface area contributed by atoms with Crippen LogP contribution in [0.5, 0.6) is 0 Å². The van der Waals surface area contributed by atoms with Gasteiger partial charge in [-0.2, -0.15) is 0 Å². The molecule has 0 aromatic carbocycles. The molecule has 3 saturated carbocycles. The number of fused-ring (bicyclic) bond motifs is 1. The molecular formula is C31H50N4O6. The number of ether oxygens (including phenoxy) is 1. The third-order valence-electron chi connectivity index (χ3n) is 9.99. The van der Waals surface area contributed by atoms with Gasteiger partial charge in [-0.25, -0.2) is 4.79 Å². The highest BCUT2D eigenvalue weighted by Crippen LogP contribution is 2.65. The number of Topliss-reactive ketones (excluding diaryl/α,β-unsaturated/α-hetero) is 1. The fourth-order valence-electron chi connectivity index (χ4n) is 7.69. The maximum absolute atomic E-state index is 14.2. The van der Waals surface area contributed by atoms with Crippen LogP contribution in [0, 0.1) is 29.1 Å². The number of nitrogens with zero attached hydrogens (tertiary/aromatic N) is 1. The van der Waals surface area contributed by atoms with Gasteiger partial charge in [0, 0.05) is 6.54 Å². The first-order chi connectivity index (χ1) is 19.2. The minimum atomic E-state index is -1.06. The Bertz CT molecular complexity index is 1020. The lowest BCUT2D eigenvalue weighted by molar-refractivity contribution is -0.144. The van der Waals surface area contributed by atoms with E-state index in [4.69, 9.17) is 10.5 Å². The van der Waals surface area contributed by atoms with Gasteiger partial charge in [-0.1, -0.05) is 65.2 Å². The first kappa shape index (κ1) is 31.3. The fourth-order valence-corrected chi connectivity index (χ4v) is 7.69. The van der Waals surface area contributed by atoms with Crippen LogP contribution in [0.4, 0.5) is 4.79 Å². The van der Waals surface area contributed by atoms with Crippen molar-refractivity contribution >= 4 is 29.6 Å². The Hall–Kier alpha value is -2.65. The number of likely N-dealkylation sites (tertiary alicyclic amines) is 1. The first-order valence-corrected chi connectivity index (χ1v) is 15.6.